The Labute approximate surface area is 91.2 Å². The van der Waals surface area contributed by atoms with E-state index in [9.17, 15) is 0 Å². The second-order valence-corrected chi connectivity index (χ2v) is 4.15. The molecule has 0 spiro atoms. The molecule has 2 N–H and O–H groups in total. The van der Waals surface area contributed by atoms with E-state index in [4.69, 9.17) is 4.74 Å². The lowest BCUT2D eigenvalue weighted by atomic mass is 10.3. The molecule has 3 heteroatoms. The molecule has 0 atom stereocenters. The number of hydrogen-bond acceptors (Lipinski definition) is 2. The molecule has 15 heavy (non-hydrogen) atoms. The molecule has 1 aliphatic carbocycles. The van der Waals surface area contributed by atoms with Gasteiger partial charge < -0.3 is 15.0 Å². The minimum atomic E-state index is 0.539. The summed E-state index contributed by atoms with van der Waals surface area (Å²) >= 11 is 0. The fraction of sp³-hybridized carbons (Fsp3) is 0.667. The van der Waals surface area contributed by atoms with Gasteiger partial charge in [0.15, 0.2) is 0 Å². The van der Waals surface area contributed by atoms with Crippen LogP contribution < -0.4 is 5.32 Å². The molecular weight excluding hydrogens is 188 g/mol. The molecule has 0 aromatic carbocycles. The highest BCUT2D eigenvalue weighted by Crippen LogP contribution is 2.20. The second-order valence-electron chi connectivity index (χ2n) is 4.15. The van der Waals surface area contributed by atoms with E-state index in [-0.39, 0.29) is 0 Å². The first kappa shape index (κ1) is 10.7. The minimum Gasteiger partial charge on any atom is -0.377 e. The van der Waals surface area contributed by atoms with Crippen molar-refractivity contribution in [1.29, 1.82) is 0 Å². The molecule has 0 aliphatic heterocycles. The van der Waals surface area contributed by atoms with Crippen LogP contribution in [0.4, 0.5) is 0 Å². The van der Waals surface area contributed by atoms with Gasteiger partial charge in [0.2, 0.25) is 0 Å². The van der Waals surface area contributed by atoms with Gasteiger partial charge in [-0.15, -0.1) is 0 Å². The molecule has 0 unspecified atom stereocenters. The Morgan fingerprint density at radius 1 is 1.40 bits per heavy atom. The van der Waals surface area contributed by atoms with Crippen LogP contribution in [0.15, 0.2) is 18.3 Å². The zero-order chi connectivity index (χ0) is 10.3. The predicted molar refractivity (Wildman–Crippen MR) is 60.7 cm³/mol. The summed E-state index contributed by atoms with van der Waals surface area (Å²) in [6.45, 7) is 2.68. The molecule has 0 radical (unpaired) electrons. The zero-order valence-electron chi connectivity index (χ0n) is 9.17. The van der Waals surface area contributed by atoms with Gasteiger partial charge in [-0.05, 0) is 25.0 Å². The second kappa shape index (κ2) is 5.93. The normalized spacial score (nSPS) is 17.3. The largest absolute Gasteiger partial charge is 0.377 e. The third kappa shape index (κ3) is 3.68. The third-order valence-electron chi connectivity index (χ3n) is 2.91. The fourth-order valence-corrected chi connectivity index (χ4v) is 2.05. The van der Waals surface area contributed by atoms with Gasteiger partial charge in [-0.3, -0.25) is 0 Å². The van der Waals surface area contributed by atoms with Gasteiger partial charge in [-0.25, -0.2) is 0 Å². The zero-order valence-corrected chi connectivity index (χ0v) is 9.17. The number of rotatable bonds is 6. The molecule has 1 heterocycles. The van der Waals surface area contributed by atoms with Crippen molar-refractivity contribution in [3.63, 3.8) is 0 Å². The molecule has 0 saturated heterocycles. The van der Waals surface area contributed by atoms with Crippen molar-refractivity contribution in [2.45, 2.75) is 38.3 Å². The average molecular weight is 208 g/mol. The number of ether oxygens (including phenoxy) is 1. The summed E-state index contributed by atoms with van der Waals surface area (Å²) in [7, 11) is 0. The standard InChI is InChI=1S/C12H20N2O/c1-2-6-12(5-1)15-9-8-13-10-11-4-3-7-14-11/h3-4,7,12-14H,1-2,5-6,8-10H2. The van der Waals surface area contributed by atoms with Gasteiger partial charge in [-0.1, -0.05) is 12.8 Å². The van der Waals surface area contributed by atoms with Gasteiger partial charge in [0, 0.05) is 25.0 Å². The molecule has 1 aromatic heterocycles. The Kier molecular flexibility index (Phi) is 4.23. The highest BCUT2D eigenvalue weighted by atomic mass is 16.5. The summed E-state index contributed by atoms with van der Waals surface area (Å²) in [5, 5.41) is 3.36. The molecule has 1 fully saturated rings. The van der Waals surface area contributed by atoms with E-state index in [1.807, 2.05) is 12.3 Å². The van der Waals surface area contributed by atoms with E-state index in [1.165, 1.54) is 31.4 Å². The van der Waals surface area contributed by atoms with E-state index in [0.717, 1.165) is 19.7 Å². The monoisotopic (exact) mass is 208 g/mol. The Bertz CT molecular complexity index is 253. The summed E-state index contributed by atoms with van der Waals surface area (Å²) < 4.78 is 5.75. The van der Waals surface area contributed by atoms with Crippen LogP contribution >= 0.6 is 0 Å². The SMILES string of the molecule is c1c[nH]c(CNCCOC2CCCC2)c1. The van der Waals surface area contributed by atoms with E-state index in [0.29, 0.717) is 6.10 Å². The molecule has 0 amide bonds. The molecule has 1 saturated carbocycles. The smallest absolute Gasteiger partial charge is 0.0594 e. The van der Waals surface area contributed by atoms with Crippen LogP contribution in [-0.4, -0.2) is 24.2 Å². The van der Waals surface area contributed by atoms with Gasteiger partial charge in [0.1, 0.15) is 0 Å². The Balaban J connectivity index is 1.48. The summed E-state index contributed by atoms with van der Waals surface area (Å²) in [5.41, 5.74) is 1.23. The van der Waals surface area contributed by atoms with Crippen LogP contribution in [0.25, 0.3) is 0 Å². The first-order valence-corrected chi connectivity index (χ1v) is 5.90. The molecule has 3 nitrogen and oxygen atoms in total. The van der Waals surface area contributed by atoms with Crippen molar-refractivity contribution in [3.05, 3.63) is 24.0 Å². The topological polar surface area (TPSA) is 37.0 Å². The van der Waals surface area contributed by atoms with Crippen LogP contribution in [0.1, 0.15) is 31.4 Å². The van der Waals surface area contributed by atoms with Crippen LogP contribution in [0.3, 0.4) is 0 Å². The maximum absolute atomic E-state index is 5.75. The summed E-state index contributed by atoms with van der Waals surface area (Å²) in [6.07, 6.45) is 7.71. The van der Waals surface area contributed by atoms with Crippen molar-refractivity contribution < 1.29 is 4.74 Å². The maximum Gasteiger partial charge on any atom is 0.0594 e. The Morgan fingerprint density at radius 2 is 2.27 bits per heavy atom. The summed E-state index contributed by atoms with van der Waals surface area (Å²) in [4.78, 5) is 3.17. The summed E-state index contributed by atoms with van der Waals surface area (Å²) in [5.74, 6) is 0. The quantitative estimate of drug-likeness (QED) is 0.702. The molecule has 2 rings (SSSR count). The van der Waals surface area contributed by atoms with E-state index < -0.39 is 0 Å². The van der Waals surface area contributed by atoms with Crippen LogP contribution in [0.2, 0.25) is 0 Å². The number of nitrogens with one attached hydrogen (secondary N) is 2. The lowest BCUT2D eigenvalue weighted by molar-refractivity contribution is 0.0602. The first-order chi connectivity index (χ1) is 7.45. The van der Waals surface area contributed by atoms with Crippen molar-refractivity contribution in [2.24, 2.45) is 0 Å². The van der Waals surface area contributed by atoms with Crippen molar-refractivity contribution in [1.82, 2.24) is 10.3 Å². The van der Waals surface area contributed by atoms with Gasteiger partial charge in [-0.2, -0.15) is 0 Å². The minimum absolute atomic E-state index is 0.539. The van der Waals surface area contributed by atoms with Crippen molar-refractivity contribution in [2.75, 3.05) is 13.2 Å². The third-order valence-corrected chi connectivity index (χ3v) is 2.91. The average Bonchev–Trinajstić information content (AvgIpc) is 2.88. The van der Waals surface area contributed by atoms with Crippen molar-refractivity contribution >= 4 is 0 Å². The number of aromatic nitrogens is 1. The summed E-state index contributed by atoms with van der Waals surface area (Å²) in [6, 6.07) is 4.11. The highest BCUT2D eigenvalue weighted by molar-refractivity contribution is 5.02. The van der Waals surface area contributed by atoms with Crippen LogP contribution in [0, 0.1) is 0 Å². The number of H-pyrrole nitrogens is 1. The van der Waals surface area contributed by atoms with Crippen LogP contribution in [-0.2, 0) is 11.3 Å². The Hall–Kier alpha value is -0.800. The highest BCUT2D eigenvalue weighted by Gasteiger charge is 2.14. The molecular formula is C12H20N2O. The molecule has 1 aromatic rings. The van der Waals surface area contributed by atoms with E-state index >= 15 is 0 Å². The fourth-order valence-electron chi connectivity index (χ4n) is 2.05. The molecule has 84 valence electrons. The van der Waals surface area contributed by atoms with Gasteiger partial charge in [0.05, 0.1) is 12.7 Å². The number of aromatic amines is 1. The lowest BCUT2D eigenvalue weighted by Crippen LogP contribution is -2.21. The molecule has 0 bridgehead atoms. The lowest BCUT2D eigenvalue weighted by Gasteiger charge is -2.11. The van der Waals surface area contributed by atoms with Crippen LogP contribution in [0.5, 0.6) is 0 Å². The number of hydrogen-bond donors (Lipinski definition) is 2. The van der Waals surface area contributed by atoms with Crippen molar-refractivity contribution in [3.8, 4) is 0 Å². The van der Waals surface area contributed by atoms with E-state index in [2.05, 4.69) is 16.4 Å². The predicted octanol–water partition coefficient (Wildman–Crippen LogP) is 2.06. The van der Waals surface area contributed by atoms with E-state index in [1.54, 1.807) is 0 Å². The molecule has 1 aliphatic rings. The maximum atomic E-state index is 5.75. The Morgan fingerprint density at radius 3 is 3.00 bits per heavy atom. The van der Waals surface area contributed by atoms with Gasteiger partial charge in [0.25, 0.3) is 0 Å². The van der Waals surface area contributed by atoms with Gasteiger partial charge >= 0.3 is 0 Å². The first-order valence-electron chi connectivity index (χ1n) is 5.90.